The molecular weight excluding hydrogens is 276 g/mol. The van der Waals surface area contributed by atoms with Crippen LogP contribution in [0.3, 0.4) is 0 Å². The number of rotatable bonds is 9. The maximum absolute atomic E-state index is 11.2. The Morgan fingerprint density at radius 1 is 1.48 bits per heavy atom. The fourth-order valence-corrected chi connectivity index (χ4v) is 2.04. The summed E-state index contributed by atoms with van der Waals surface area (Å²) in [5.74, 6) is 0.123. The number of ether oxygens (including phenoxy) is 1. The van der Waals surface area contributed by atoms with Crippen LogP contribution >= 0.6 is 0 Å². The summed E-state index contributed by atoms with van der Waals surface area (Å²) >= 11 is 0. The van der Waals surface area contributed by atoms with E-state index in [0.29, 0.717) is 37.5 Å². The molecule has 0 saturated carbocycles. The third-order valence-electron chi connectivity index (χ3n) is 2.92. The van der Waals surface area contributed by atoms with Crippen molar-refractivity contribution in [2.75, 3.05) is 18.5 Å². The molecule has 0 fully saturated rings. The van der Waals surface area contributed by atoms with E-state index in [0.717, 1.165) is 6.42 Å². The van der Waals surface area contributed by atoms with Gasteiger partial charge in [-0.15, -0.1) is 0 Å². The number of nitrogens with zero attached hydrogens (tertiary/aromatic N) is 3. The molecule has 0 bridgehead atoms. The van der Waals surface area contributed by atoms with Crippen LogP contribution in [0.1, 0.15) is 38.8 Å². The molecular formula is C13H22N4O4. The molecule has 0 amide bonds. The first kappa shape index (κ1) is 16.9. The van der Waals surface area contributed by atoms with Gasteiger partial charge in [0.05, 0.1) is 11.5 Å². The molecule has 1 aromatic heterocycles. The molecule has 1 N–H and O–H groups in total. The minimum Gasteiger partial charge on any atom is -0.466 e. The van der Waals surface area contributed by atoms with Gasteiger partial charge in [-0.1, -0.05) is 13.3 Å². The number of nitro groups is 1. The second-order valence-electron chi connectivity index (χ2n) is 4.61. The number of aryl methyl sites for hydroxylation is 2. The van der Waals surface area contributed by atoms with Crippen LogP contribution in [0.25, 0.3) is 0 Å². The first-order chi connectivity index (χ1) is 10.0. The largest absolute Gasteiger partial charge is 0.466 e. The number of hydrogen-bond donors (Lipinski definition) is 1. The average Bonchev–Trinajstić information content (AvgIpc) is 2.72. The number of carbonyl (C=O) groups is 1. The summed E-state index contributed by atoms with van der Waals surface area (Å²) in [7, 11) is 1.67. The van der Waals surface area contributed by atoms with Crippen LogP contribution in [0.15, 0.2) is 0 Å². The Hall–Kier alpha value is -2.12. The lowest BCUT2D eigenvalue weighted by Gasteiger charge is -2.06. The number of carbonyl (C=O) groups excluding carboxylic acids is 1. The number of esters is 1. The first-order valence-corrected chi connectivity index (χ1v) is 7.10. The van der Waals surface area contributed by atoms with E-state index in [1.54, 1.807) is 14.0 Å². The molecule has 8 heteroatoms. The van der Waals surface area contributed by atoms with Crippen molar-refractivity contribution in [2.24, 2.45) is 7.05 Å². The summed E-state index contributed by atoms with van der Waals surface area (Å²) < 4.78 is 6.30. The lowest BCUT2D eigenvalue weighted by Crippen LogP contribution is -2.11. The lowest BCUT2D eigenvalue weighted by atomic mass is 10.2. The molecule has 0 aromatic carbocycles. The Kier molecular flexibility index (Phi) is 6.64. The summed E-state index contributed by atoms with van der Waals surface area (Å²) in [6.07, 6.45) is 2.19. The fraction of sp³-hybridized carbons (Fsp3) is 0.692. The van der Waals surface area contributed by atoms with Crippen LogP contribution in [0, 0.1) is 10.1 Å². The minimum atomic E-state index is -0.411. The third-order valence-corrected chi connectivity index (χ3v) is 2.92. The normalized spacial score (nSPS) is 10.4. The van der Waals surface area contributed by atoms with Crippen LogP contribution < -0.4 is 5.32 Å². The number of hydrogen-bond acceptors (Lipinski definition) is 6. The monoisotopic (exact) mass is 298 g/mol. The van der Waals surface area contributed by atoms with Gasteiger partial charge in [0, 0.05) is 20.0 Å². The van der Waals surface area contributed by atoms with E-state index >= 15 is 0 Å². The predicted octanol–water partition coefficient (Wildman–Crippen LogP) is 2.04. The average molecular weight is 298 g/mol. The van der Waals surface area contributed by atoms with Gasteiger partial charge in [-0.25, -0.2) is 4.68 Å². The molecule has 0 radical (unpaired) electrons. The highest BCUT2D eigenvalue weighted by Gasteiger charge is 2.25. The molecule has 1 aromatic rings. The summed E-state index contributed by atoms with van der Waals surface area (Å²) in [6, 6.07) is 0. The third kappa shape index (κ3) is 4.73. The number of anilines is 1. The van der Waals surface area contributed by atoms with Crippen molar-refractivity contribution in [1.82, 2.24) is 9.78 Å². The highest BCUT2D eigenvalue weighted by atomic mass is 16.6. The van der Waals surface area contributed by atoms with Crippen molar-refractivity contribution >= 4 is 17.5 Å². The van der Waals surface area contributed by atoms with Crippen LogP contribution in [0.4, 0.5) is 11.5 Å². The van der Waals surface area contributed by atoms with Gasteiger partial charge in [0.25, 0.3) is 0 Å². The minimum absolute atomic E-state index is 0.0236. The van der Waals surface area contributed by atoms with Gasteiger partial charge in [0.15, 0.2) is 0 Å². The van der Waals surface area contributed by atoms with Crippen LogP contribution in [-0.4, -0.2) is 33.8 Å². The van der Waals surface area contributed by atoms with Gasteiger partial charge < -0.3 is 10.1 Å². The Labute approximate surface area is 123 Å². The predicted molar refractivity (Wildman–Crippen MR) is 78.2 cm³/mol. The summed E-state index contributed by atoms with van der Waals surface area (Å²) in [5.41, 5.74) is 0.508. The molecule has 0 saturated heterocycles. The van der Waals surface area contributed by atoms with E-state index < -0.39 is 4.92 Å². The Bertz CT molecular complexity index is 499. The van der Waals surface area contributed by atoms with Crippen molar-refractivity contribution in [3.63, 3.8) is 0 Å². The van der Waals surface area contributed by atoms with E-state index in [1.807, 2.05) is 6.92 Å². The summed E-state index contributed by atoms with van der Waals surface area (Å²) in [5, 5.41) is 18.4. The molecule has 0 atom stereocenters. The standard InChI is InChI=1S/C13H22N4O4/c1-4-7-10-12(17(19)20)13(16(3)15-10)14-9-6-8-11(18)21-5-2/h14H,4-9H2,1-3H3. The zero-order chi connectivity index (χ0) is 15.8. The smallest absolute Gasteiger partial charge is 0.333 e. The van der Waals surface area contributed by atoms with Gasteiger partial charge in [0.2, 0.25) is 5.82 Å². The van der Waals surface area contributed by atoms with E-state index in [-0.39, 0.29) is 18.1 Å². The highest BCUT2D eigenvalue weighted by Crippen LogP contribution is 2.28. The van der Waals surface area contributed by atoms with Crippen molar-refractivity contribution in [1.29, 1.82) is 0 Å². The topological polar surface area (TPSA) is 99.3 Å². The van der Waals surface area contributed by atoms with Gasteiger partial charge in [-0.2, -0.15) is 5.10 Å². The van der Waals surface area contributed by atoms with Crippen LogP contribution in [0.5, 0.6) is 0 Å². The maximum atomic E-state index is 11.2. The first-order valence-electron chi connectivity index (χ1n) is 7.10. The molecule has 0 aliphatic rings. The molecule has 0 spiro atoms. The Morgan fingerprint density at radius 3 is 2.76 bits per heavy atom. The second-order valence-corrected chi connectivity index (χ2v) is 4.61. The van der Waals surface area contributed by atoms with Gasteiger partial charge in [-0.05, 0) is 19.8 Å². The molecule has 0 aliphatic carbocycles. The van der Waals surface area contributed by atoms with E-state index in [4.69, 9.17) is 4.74 Å². The number of nitrogens with one attached hydrogen (secondary N) is 1. The SMILES string of the molecule is CCCc1nn(C)c(NCCCC(=O)OCC)c1[N+](=O)[O-]. The van der Waals surface area contributed by atoms with E-state index in [2.05, 4.69) is 10.4 Å². The number of aromatic nitrogens is 2. The molecule has 0 unspecified atom stereocenters. The molecule has 21 heavy (non-hydrogen) atoms. The molecule has 8 nitrogen and oxygen atoms in total. The van der Waals surface area contributed by atoms with Crippen LogP contribution in [-0.2, 0) is 23.0 Å². The molecule has 1 heterocycles. The summed E-state index contributed by atoms with van der Waals surface area (Å²) in [4.78, 5) is 22.0. The zero-order valence-corrected chi connectivity index (χ0v) is 12.7. The van der Waals surface area contributed by atoms with Crippen molar-refractivity contribution < 1.29 is 14.5 Å². The zero-order valence-electron chi connectivity index (χ0n) is 12.7. The molecule has 118 valence electrons. The molecule has 1 rings (SSSR count). The maximum Gasteiger partial charge on any atom is 0.333 e. The Morgan fingerprint density at radius 2 is 2.19 bits per heavy atom. The van der Waals surface area contributed by atoms with Crippen molar-refractivity contribution in [3.05, 3.63) is 15.8 Å². The van der Waals surface area contributed by atoms with Crippen LogP contribution in [0.2, 0.25) is 0 Å². The van der Waals surface area contributed by atoms with Gasteiger partial charge in [0.1, 0.15) is 5.69 Å². The molecule has 0 aliphatic heterocycles. The fourth-order valence-electron chi connectivity index (χ4n) is 2.04. The van der Waals surface area contributed by atoms with E-state index in [1.165, 1.54) is 4.68 Å². The van der Waals surface area contributed by atoms with Crippen molar-refractivity contribution in [3.8, 4) is 0 Å². The van der Waals surface area contributed by atoms with Gasteiger partial charge in [-0.3, -0.25) is 14.9 Å². The van der Waals surface area contributed by atoms with E-state index in [9.17, 15) is 14.9 Å². The summed E-state index contributed by atoms with van der Waals surface area (Å²) in [6.45, 7) is 4.51. The lowest BCUT2D eigenvalue weighted by molar-refractivity contribution is -0.384. The highest BCUT2D eigenvalue weighted by molar-refractivity contribution is 5.69. The van der Waals surface area contributed by atoms with Crippen molar-refractivity contribution in [2.45, 2.75) is 39.5 Å². The van der Waals surface area contributed by atoms with Gasteiger partial charge >= 0.3 is 11.7 Å². The Balaban J connectivity index is 2.66. The quantitative estimate of drug-likeness (QED) is 0.324. The second kappa shape index (κ2) is 8.23.